The highest BCUT2D eigenvalue weighted by atomic mass is 19.1. The van der Waals surface area contributed by atoms with Crippen LogP contribution in [0.3, 0.4) is 0 Å². The van der Waals surface area contributed by atoms with E-state index in [2.05, 4.69) is 10.2 Å². The van der Waals surface area contributed by atoms with Crippen LogP contribution in [-0.2, 0) is 4.79 Å². The predicted molar refractivity (Wildman–Crippen MR) is 68.4 cm³/mol. The van der Waals surface area contributed by atoms with Crippen LogP contribution in [-0.4, -0.2) is 38.1 Å². The second kappa shape index (κ2) is 4.24. The third kappa shape index (κ3) is 1.58. The zero-order valence-corrected chi connectivity index (χ0v) is 10.3. The molecular formula is C13H16FN3O. The van der Waals surface area contributed by atoms with Crippen molar-refractivity contribution in [2.75, 3.05) is 36.0 Å². The Kier molecular flexibility index (Phi) is 2.70. The Bertz CT molecular complexity index is 491. The number of nitrogens with zero attached hydrogens (tertiary/aromatic N) is 2. The second-order valence-corrected chi connectivity index (χ2v) is 4.69. The Morgan fingerprint density at radius 2 is 2.33 bits per heavy atom. The SMILES string of the molecule is CCN1CC2CNCC(=O)N2c2c(F)cccc21. The summed E-state index contributed by atoms with van der Waals surface area (Å²) in [6, 6.07) is 5.03. The third-order valence-electron chi connectivity index (χ3n) is 3.65. The van der Waals surface area contributed by atoms with Gasteiger partial charge in [-0.15, -0.1) is 0 Å². The van der Waals surface area contributed by atoms with E-state index in [1.165, 1.54) is 6.07 Å². The van der Waals surface area contributed by atoms with Gasteiger partial charge in [0.25, 0.3) is 0 Å². The van der Waals surface area contributed by atoms with Crippen molar-refractivity contribution in [3.05, 3.63) is 24.0 Å². The van der Waals surface area contributed by atoms with Gasteiger partial charge in [0, 0.05) is 19.6 Å². The Labute approximate surface area is 105 Å². The van der Waals surface area contributed by atoms with E-state index in [1.807, 2.05) is 13.0 Å². The molecule has 1 N–H and O–H groups in total. The molecule has 1 saturated heterocycles. The number of carbonyl (C=O) groups is 1. The Balaban J connectivity index is 2.14. The molecule has 0 bridgehead atoms. The molecule has 2 aliphatic rings. The topological polar surface area (TPSA) is 35.6 Å². The summed E-state index contributed by atoms with van der Waals surface area (Å²) < 4.78 is 14.1. The van der Waals surface area contributed by atoms with Crippen molar-refractivity contribution in [3.8, 4) is 0 Å². The number of para-hydroxylation sites is 1. The minimum atomic E-state index is -0.314. The van der Waals surface area contributed by atoms with Crippen molar-refractivity contribution >= 4 is 17.3 Å². The van der Waals surface area contributed by atoms with Gasteiger partial charge in [-0.3, -0.25) is 4.79 Å². The molecule has 96 valence electrons. The first-order valence-electron chi connectivity index (χ1n) is 6.28. The summed E-state index contributed by atoms with van der Waals surface area (Å²) in [5.41, 5.74) is 1.27. The molecule has 4 nitrogen and oxygen atoms in total. The largest absolute Gasteiger partial charge is 0.368 e. The number of piperazine rings is 1. The second-order valence-electron chi connectivity index (χ2n) is 4.69. The number of likely N-dealkylation sites (N-methyl/N-ethyl adjacent to an activating group) is 1. The molecule has 3 rings (SSSR count). The molecule has 1 unspecified atom stereocenters. The predicted octanol–water partition coefficient (Wildman–Crippen LogP) is 0.970. The zero-order chi connectivity index (χ0) is 12.7. The number of hydrogen-bond donors (Lipinski definition) is 1. The minimum absolute atomic E-state index is 0.0237. The van der Waals surface area contributed by atoms with Crippen molar-refractivity contribution in [2.24, 2.45) is 0 Å². The van der Waals surface area contributed by atoms with Gasteiger partial charge in [-0.1, -0.05) is 6.07 Å². The molecule has 1 atom stereocenters. The monoisotopic (exact) mass is 249 g/mol. The number of rotatable bonds is 1. The maximum absolute atomic E-state index is 14.1. The van der Waals surface area contributed by atoms with Crippen molar-refractivity contribution in [1.29, 1.82) is 0 Å². The van der Waals surface area contributed by atoms with E-state index in [0.717, 1.165) is 25.3 Å². The van der Waals surface area contributed by atoms with Crippen LogP contribution in [0.2, 0.25) is 0 Å². The number of carbonyl (C=O) groups excluding carboxylic acids is 1. The van der Waals surface area contributed by atoms with Crippen molar-refractivity contribution < 1.29 is 9.18 Å². The average Bonchev–Trinajstić information content (AvgIpc) is 2.38. The number of anilines is 2. The quantitative estimate of drug-likeness (QED) is 0.805. The molecule has 5 heteroatoms. The normalized spacial score (nSPS) is 22.8. The first-order valence-corrected chi connectivity index (χ1v) is 6.28. The molecule has 0 aliphatic carbocycles. The van der Waals surface area contributed by atoms with Gasteiger partial charge in [0.05, 0.1) is 18.3 Å². The standard InChI is InChI=1S/C13H16FN3O/c1-2-16-8-9-6-15-7-12(18)17(9)13-10(14)4-3-5-11(13)16/h3-5,9,15H,2,6-8H2,1H3. The summed E-state index contributed by atoms with van der Waals surface area (Å²) in [6.07, 6.45) is 0. The van der Waals surface area contributed by atoms with E-state index in [-0.39, 0.29) is 24.3 Å². The summed E-state index contributed by atoms with van der Waals surface area (Å²) >= 11 is 0. The Morgan fingerprint density at radius 1 is 1.50 bits per heavy atom. The smallest absolute Gasteiger partial charge is 0.241 e. The first-order chi connectivity index (χ1) is 8.72. The van der Waals surface area contributed by atoms with E-state index in [1.54, 1.807) is 11.0 Å². The fraction of sp³-hybridized carbons (Fsp3) is 0.462. The molecule has 0 saturated carbocycles. The van der Waals surface area contributed by atoms with Crippen LogP contribution < -0.4 is 15.1 Å². The lowest BCUT2D eigenvalue weighted by molar-refractivity contribution is -0.119. The molecule has 2 heterocycles. The number of fused-ring (bicyclic) bond motifs is 3. The molecule has 1 aromatic rings. The van der Waals surface area contributed by atoms with Gasteiger partial charge >= 0.3 is 0 Å². The first kappa shape index (κ1) is 11.5. The summed E-state index contributed by atoms with van der Waals surface area (Å²) in [5.74, 6) is -0.362. The number of hydrogen-bond acceptors (Lipinski definition) is 3. The Hall–Kier alpha value is -1.62. The van der Waals surface area contributed by atoms with Crippen LogP contribution >= 0.6 is 0 Å². The highest BCUT2D eigenvalue weighted by molar-refractivity contribution is 6.00. The molecule has 1 fully saturated rings. The summed E-state index contributed by atoms with van der Waals surface area (Å²) in [4.78, 5) is 15.8. The molecular weight excluding hydrogens is 233 g/mol. The van der Waals surface area contributed by atoms with Crippen molar-refractivity contribution in [3.63, 3.8) is 0 Å². The fourth-order valence-electron chi connectivity index (χ4n) is 2.83. The molecule has 0 aromatic heterocycles. The van der Waals surface area contributed by atoms with Crippen LogP contribution in [0, 0.1) is 5.82 Å². The highest BCUT2D eigenvalue weighted by Crippen LogP contribution is 2.38. The van der Waals surface area contributed by atoms with Crippen LogP contribution in [0.4, 0.5) is 15.8 Å². The van der Waals surface area contributed by atoms with Gasteiger partial charge in [-0.05, 0) is 19.1 Å². The molecule has 1 amide bonds. The van der Waals surface area contributed by atoms with Crippen LogP contribution in [0.15, 0.2) is 18.2 Å². The average molecular weight is 249 g/mol. The summed E-state index contributed by atoms with van der Waals surface area (Å²) in [6.45, 7) is 4.62. The number of amides is 1. The number of benzene rings is 1. The van der Waals surface area contributed by atoms with Crippen molar-refractivity contribution in [2.45, 2.75) is 13.0 Å². The van der Waals surface area contributed by atoms with E-state index < -0.39 is 0 Å². The van der Waals surface area contributed by atoms with Gasteiger partial charge in [0.1, 0.15) is 11.5 Å². The van der Waals surface area contributed by atoms with E-state index in [9.17, 15) is 9.18 Å². The summed E-state index contributed by atoms with van der Waals surface area (Å²) in [5, 5.41) is 3.09. The van der Waals surface area contributed by atoms with Crippen molar-refractivity contribution in [1.82, 2.24) is 5.32 Å². The zero-order valence-electron chi connectivity index (χ0n) is 10.3. The van der Waals surface area contributed by atoms with E-state index in [0.29, 0.717) is 5.69 Å². The van der Waals surface area contributed by atoms with Gasteiger partial charge < -0.3 is 15.1 Å². The summed E-state index contributed by atoms with van der Waals surface area (Å²) in [7, 11) is 0. The van der Waals surface area contributed by atoms with E-state index >= 15 is 0 Å². The van der Waals surface area contributed by atoms with Crippen LogP contribution in [0.1, 0.15) is 6.92 Å². The molecule has 0 spiro atoms. The maximum atomic E-state index is 14.1. The van der Waals surface area contributed by atoms with Gasteiger partial charge in [-0.2, -0.15) is 0 Å². The number of nitrogens with one attached hydrogen (secondary N) is 1. The van der Waals surface area contributed by atoms with E-state index in [4.69, 9.17) is 0 Å². The minimum Gasteiger partial charge on any atom is -0.368 e. The molecule has 0 radical (unpaired) electrons. The molecule has 1 aromatic carbocycles. The molecule has 18 heavy (non-hydrogen) atoms. The lowest BCUT2D eigenvalue weighted by atomic mass is 10.0. The maximum Gasteiger partial charge on any atom is 0.241 e. The third-order valence-corrected chi connectivity index (χ3v) is 3.65. The lowest BCUT2D eigenvalue weighted by Gasteiger charge is -2.45. The number of halogens is 1. The van der Waals surface area contributed by atoms with Crippen LogP contribution in [0.25, 0.3) is 0 Å². The Morgan fingerprint density at radius 3 is 3.11 bits per heavy atom. The highest BCUT2D eigenvalue weighted by Gasteiger charge is 2.38. The van der Waals surface area contributed by atoms with Gasteiger partial charge in [0.15, 0.2) is 0 Å². The van der Waals surface area contributed by atoms with Crippen LogP contribution in [0.5, 0.6) is 0 Å². The fourth-order valence-corrected chi connectivity index (χ4v) is 2.83. The van der Waals surface area contributed by atoms with Gasteiger partial charge in [-0.25, -0.2) is 4.39 Å². The lowest BCUT2D eigenvalue weighted by Crippen LogP contribution is -2.61. The molecule has 2 aliphatic heterocycles. The van der Waals surface area contributed by atoms with Gasteiger partial charge in [0.2, 0.25) is 5.91 Å².